The highest BCUT2D eigenvalue weighted by Gasteiger charge is 2.11. The van der Waals surface area contributed by atoms with E-state index in [0.717, 1.165) is 20.3 Å². The summed E-state index contributed by atoms with van der Waals surface area (Å²) in [4.78, 5) is 12.0. The Kier molecular flexibility index (Phi) is 6.07. The van der Waals surface area contributed by atoms with Gasteiger partial charge in [0.15, 0.2) is 8.68 Å². The van der Waals surface area contributed by atoms with Gasteiger partial charge in [-0.2, -0.15) is 5.10 Å². The van der Waals surface area contributed by atoms with Crippen molar-refractivity contribution in [1.29, 1.82) is 0 Å². The Labute approximate surface area is 136 Å². The number of hydrogen-bond donors (Lipinski definition) is 1. The fourth-order valence-corrected chi connectivity index (χ4v) is 4.29. The highest BCUT2D eigenvalue weighted by Crippen LogP contribution is 2.28. The average Bonchev–Trinajstić information content (AvgIpc) is 3.06. The van der Waals surface area contributed by atoms with E-state index in [1.54, 1.807) is 28.7 Å². The Morgan fingerprint density at radius 1 is 1.38 bits per heavy atom. The van der Waals surface area contributed by atoms with E-state index >= 15 is 0 Å². The zero-order chi connectivity index (χ0) is 15.2. The molecule has 0 fully saturated rings. The monoisotopic (exact) mass is 343 g/mol. The third-order valence-corrected chi connectivity index (χ3v) is 5.48. The van der Waals surface area contributed by atoms with Crippen LogP contribution in [-0.4, -0.2) is 37.4 Å². The first-order valence-electron chi connectivity index (χ1n) is 6.52. The lowest BCUT2D eigenvalue weighted by Gasteiger charge is -2.11. The molecule has 0 spiro atoms. The zero-order valence-electron chi connectivity index (χ0n) is 12.1. The average molecular weight is 344 g/mol. The molecule has 0 saturated heterocycles. The topological polar surface area (TPSA) is 72.7 Å². The molecule has 0 saturated carbocycles. The maximum absolute atomic E-state index is 12.0. The Hall–Kier alpha value is -1.06. The second-order valence-electron chi connectivity index (χ2n) is 4.36. The first-order valence-corrected chi connectivity index (χ1v) is 9.31. The maximum atomic E-state index is 12.0. The highest BCUT2D eigenvalue weighted by atomic mass is 32.2. The molecule has 9 heteroatoms. The number of nitrogens with zero attached hydrogens (tertiary/aromatic N) is 4. The molecule has 0 unspecified atom stereocenters. The van der Waals surface area contributed by atoms with Crippen molar-refractivity contribution in [2.45, 2.75) is 35.5 Å². The second kappa shape index (κ2) is 7.81. The summed E-state index contributed by atoms with van der Waals surface area (Å²) in [5.74, 6) is 1.94. The molecule has 0 atom stereocenters. The number of amides is 1. The summed E-state index contributed by atoms with van der Waals surface area (Å²) in [5, 5.41) is 15.2. The molecular formula is C12H17N5OS3. The number of carbonyl (C=O) groups is 1. The first kappa shape index (κ1) is 16.3. The lowest BCUT2D eigenvalue weighted by Crippen LogP contribution is -2.18. The van der Waals surface area contributed by atoms with Gasteiger partial charge < -0.3 is 5.32 Å². The van der Waals surface area contributed by atoms with Crippen LogP contribution in [0.1, 0.15) is 26.8 Å². The molecular weight excluding hydrogens is 326 g/mol. The van der Waals surface area contributed by atoms with Crippen LogP contribution in [0.25, 0.3) is 0 Å². The van der Waals surface area contributed by atoms with Gasteiger partial charge in [0.05, 0.1) is 11.9 Å². The third kappa shape index (κ3) is 4.72. The Bertz CT molecular complexity index is 595. The minimum Gasteiger partial charge on any atom is -0.310 e. The Balaban J connectivity index is 1.85. The molecule has 0 aliphatic heterocycles. The van der Waals surface area contributed by atoms with Crippen molar-refractivity contribution in [1.82, 2.24) is 20.0 Å². The smallest absolute Gasteiger partial charge is 0.235 e. The Morgan fingerprint density at radius 2 is 2.10 bits per heavy atom. The van der Waals surface area contributed by atoms with Gasteiger partial charge in [0.2, 0.25) is 5.91 Å². The summed E-state index contributed by atoms with van der Waals surface area (Å²) in [6.45, 7) is 6.11. The van der Waals surface area contributed by atoms with Crippen molar-refractivity contribution in [2.75, 3.05) is 16.8 Å². The van der Waals surface area contributed by atoms with Crippen LogP contribution < -0.4 is 5.32 Å². The summed E-state index contributed by atoms with van der Waals surface area (Å²) in [6.07, 6.45) is 1.68. The third-order valence-electron chi connectivity index (χ3n) is 2.41. The van der Waals surface area contributed by atoms with Crippen molar-refractivity contribution in [3.05, 3.63) is 12.3 Å². The fraction of sp³-hybridized carbons (Fsp3) is 0.500. The minimum atomic E-state index is -0.0673. The number of carbonyl (C=O) groups excluding carboxylic acids is 1. The number of thioether (sulfide) groups is 2. The number of hydrogen-bond acceptors (Lipinski definition) is 7. The Morgan fingerprint density at radius 3 is 2.76 bits per heavy atom. The standard InChI is InChI=1S/C12H17N5OS3/c1-4-19-11-15-16-12(21-11)20-7-10(18)14-9-5-6-13-17(9)8(2)3/h5-6,8H,4,7H2,1-3H3,(H,14,18). The molecule has 1 amide bonds. The van der Waals surface area contributed by atoms with Gasteiger partial charge in [-0.05, 0) is 19.6 Å². The van der Waals surface area contributed by atoms with Crippen molar-refractivity contribution in [3.63, 3.8) is 0 Å². The predicted molar refractivity (Wildman–Crippen MR) is 88.3 cm³/mol. The van der Waals surface area contributed by atoms with Crippen LogP contribution in [-0.2, 0) is 4.79 Å². The maximum Gasteiger partial charge on any atom is 0.235 e. The van der Waals surface area contributed by atoms with Crippen molar-refractivity contribution >= 4 is 46.6 Å². The molecule has 2 heterocycles. The van der Waals surface area contributed by atoms with Crippen LogP contribution in [0.5, 0.6) is 0 Å². The van der Waals surface area contributed by atoms with E-state index in [2.05, 4.69) is 27.5 Å². The van der Waals surface area contributed by atoms with Gasteiger partial charge in [-0.1, -0.05) is 41.8 Å². The van der Waals surface area contributed by atoms with E-state index in [-0.39, 0.29) is 11.9 Å². The zero-order valence-corrected chi connectivity index (χ0v) is 14.5. The van der Waals surface area contributed by atoms with E-state index in [9.17, 15) is 4.79 Å². The van der Waals surface area contributed by atoms with Gasteiger partial charge in [-0.25, -0.2) is 4.68 Å². The van der Waals surface area contributed by atoms with Crippen molar-refractivity contribution < 1.29 is 4.79 Å². The highest BCUT2D eigenvalue weighted by molar-refractivity contribution is 8.03. The van der Waals surface area contributed by atoms with E-state index < -0.39 is 0 Å². The van der Waals surface area contributed by atoms with Gasteiger partial charge in [0.25, 0.3) is 0 Å². The fourth-order valence-electron chi connectivity index (χ4n) is 1.57. The number of anilines is 1. The predicted octanol–water partition coefficient (Wildman–Crippen LogP) is 3.16. The quantitative estimate of drug-likeness (QED) is 0.779. The van der Waals surface area contributed by atoms with E-state index in [1.807, 2.05) is 13.8 Å². The summed E-state index contributed by atoms with van der Waals surface area (Å²) < 4.78 is 3.54. The number of rotatable bonds is 7. The summed E-state index contributed by atoms with van der Waals surface area (Å²) in [7, 11) is 0. The summed E-state index contributed by atoms with van der Waals surface area (Å²) >= 11 is 4.58. The van der Waals surface area contributed by atoms with Gasteiger partial charge in [0, 0.05) is 12.1 Å². The minimum absolute atomic E-state index is 0.0673. The van der Waals surface area contributed by atoms with Gasteiger partial charge in [-0.15, -0.1) is 10.2 Å². The van der Waals surface area contributed by atoms with Crippen LogP contribution in [0, 0.1) is 0 Å². The van der Waals surface area contributed by atoms with Crippen LogP contribution >= 0.6 is 34.9 Å². The van der Waals surface area contributed by atoms with E-state index in [4.69, 9.17) is 0 Å². The van der Waals surface area contributed by atoms with Crippen molar-refractivity contribution in [2.24, 2.45) is 0 Å². The summed E-state index contributed by atoms with van der Waals surface area (Å²) in [5.41, 5.74) is 0. The van der Waals surface area contributed by atoms with Crippen LogP contribution in [0.3, 0.4) is 0 Å². The van der Waals surface area contributed by atoms with E-state index in [0.29, 0.717) is 5.75 Å². The number of aromatic nitrogens is 4. The molecule has 2 aromatic rings. The normalized spacial score (nSPS) is 11.0. The number of nitrogens with one attached hydrogen (secondary N) is 1. The second-order valence-corrected chi connectivity index (χ2v) is 8.07. The molecule has 2 rings (SSSR count). The van der Waals surface area contributed by atoms with Gasteiger partial charge >= 0.3 is 0 Å². The lowest BCUT2D eigenvalue weighted by molar-refractivity contribution is -0.113. The molecule has 0 bridgehead atoms. The van der Waals surface area contributed by atoms with E-state index in [1.165, 1.54) is 23.1 Å². The van der Waals surface area contributed by atoms with Gasteiger partial charge in [-0.3, -0.25) is 4.79 Å². The molecule has 0 aliphatic carbocycles. The van der Waals surface area contributed by atoms with Crippen LogP contribution in [0.4, 0.5) is 5.82 Å². The first-order chi connectivity index (χ1) is 10.1. The molecule has 0 aromatic carbocycles. The SMILES string of the molecule is CCSc1nnc(SCC(=O)Nc2ccnn2C(C)C)s1. The molecule has 0 radical (unpaired) electrons. The van der Waals surface area contributed by atoms with Gasteiger partial charge in [0.1, 0.15) is 5.82 Å². The lowest BCUT2D eigenvalue weighted by atomic mass is 10.4. The molecule has 0 aliphatic rings. The van der Waals surface area contributed by atoms with Crippen LogP contribution in [0.2, 0.25) is 0 Å². The van der Waals surface area contributed by atoms with Crippen LogP contribution in [0.15, 0.2) is 20.9 Å². The van der Waals surface area contributed by atoms with Crippen molar-refractivity contribution in [3.8, 4) is 0 Å². The molecule has 6 nitrogen and oxygen atoms in total. The molecule has 21 heavy (non-hydrogen) atoms. The molecule has 2 aromatic heterocycles. The largest absolute Gasteiger partial charge is 0.310 e. The molecule has 1 N–H and O–H groups in total. The summed E-state index contributed by atoms with van der Waals surface area (Å²) in [6, 6.07) is 2.00. The molecule has 114 valence electrons.